The lowest BCUT2D eigenvalue weighted by Crippen LogP contribution is -2.31. The van der Waals surface area contributed by atoms with Crippen molar-refractivity contribution in [1.82, 2.24) is 37.2 Å². The van der Waals surface area contributed by atoms with Crippen molar-refractivity contribution >= 4 is 5.91 Å². The Morgan fingerprint density at radius 3 is 1.39 bits per heavy atom. The first-order valence-corrected chi connectivity index (χ1v) is 14.7. The molecule has 0 aromatic heterocycles. The number of amides is 1. The van der Waals surface area contributed by atoms with E-state index in [0.717, 1.165) is 0 Å². The van der Waals surface area contributed by atoms with E-state index in [-0.39, 0.29) is 92.4 Å². The number of hydrogen-bond donors (Lipinski definition) is 8. The zero-order chi connectivity index (χ0) is 33.9. The Kier molecular flexibility index (Phi) is 33.9. The predicted molar refractivity (Wildman–Crippen MR) is 152 cm³/mol. The molecule has 0 heterocycles. The SMILES string of the molecule is CC(=O)N(O)CCOCNOCCON(O)CCOCCNOCCON(O)CCOCCNOCCON(O)CCOCCN. The average molecular weight is 683 g/mol. The molecule has 9 N–H and O–H groups in total. The molecule has 0 spiro atoms. The largest absolute Gasteiger partial charge is 0.379 e. The second-order valence-electron chi connectivity index (χ2n) is 8.53. The number of carbonyl (C=O) groups excluding carboxylic acids is 1. The zero-order valence-corrected chi connectivity index (χ0v) is 26.5. The molecule has 0 aliphatic rings. The van der Waals surface area contributed by atoms with Crippen molar-refractivity contribution in [1.29, 1.82) is 0 Å². The van der Waals surface area contributed by atoms with Crippen molar-refractivity contribution in [3.8, 4) is 0 Å². The summed E-state index contributed by atoms with van der Waals surface area (Å²) in [6.07, 6.45) is 0. The number of nitrogens with zero attached hydrogens (tertiary/aromatic N) is 4. The van der Waals surface area contributed by atoms with Crippen LogP contribution in [0.1, 0.15) is 6.92 Å². The molecule has 0 bridgehead atoms. The third kappa shape index (κ3) is 34.0. The van der Waals surface area contributed by atoms with Crippen LogP contribution >= 0.6 is 0 Å². The summed E-state index contributed by atoms with van der Waals surface area (Å²) in [5, 5.41) is 40.3. The Morgan fingerprint density at radius 2 is 0.957 bits per heavy atom. The highest BCUT2D eigenvalue weighted by Gasteiger charge is 2.05. The maximum Gasteiger partial charge on any atom is 0.242 e. The standard InChI is InChI=1S/C23H54N8O15/c1-23(32)28(33)5-12-40-22-27-43-18-21-46-31(36)8-15-39-11-4-26-42-17-20-45-30(35)7-14-38-10-3-25-41-16-19-44-29(34)6-13-37-9-2-24/h25-27,33-36H,2-22,24H2,1H3. The molecule has 0 aliphatic heterocycles. The molecular formula is C23H54N8O15. The fourth-order valence-corrected chi connectivity index (χ4v) is 2.62. The number of hydrogen-bond acceptors (Lipinski definition) is 22. The monoisotopic (exact) mass is 682 g/mol. The van der Waals surface area contributed by atoms with Crippen molar-refractivity contribution in [3.05, 3.63) is 0 Å². The molecule has 0 unspecified atom stereocenters. The third-order valence-corrected chi connectivity index (χ3v) is 4.80. The van der Waals surface area contributed by atoms with Crippen molar-refractivity contribution in [2.24, 2.45) is 5.73 Å². The molecule has 276 valence electrons. The lowest BCUT2D eigenvalue weighted by atomic mass is 10.6. The molecule has 0 saturated carbocycles. The predicted octanol–water partition coefficient (Wildman–Crippen LogP) is -3.36. The maximum absolute atomic E-state index is 10.8. The summed E-state index contributed by atoms with van der Waals surface area (Å²) >= 11 is 0. The van der Waals surface area contributed by atoms with Crippen LogP contribution in [0.25, 0.3) is 0 Å². The van der Waals surface area contributed by atoms with Crippen LogP contribution in [-0.4, -0.2) is 186 Å². The molecule has 0 fully saturated rings. The first kappa shape index (κ1) is 44.6. The van der Waals surface area contributed by atoms with E-state index in [1.54, 1.807) is 0 Å². The van der Waals surface area contributed by atoms with Gasteiger partial charge in [0.05, 0.1) is 112 Å². The van der Waals surface area contributed by atoms with E-state index in [0.29, 0.717) is 66.8 Å². The lowest BCUT2D eigenvalue weighted by Gasteiger charge is -2.15. The normalized spacial score (nSPS) is 11.8. The van der Waals surface area contributed by atoms with E-state index < -0.39 is 5.91 Å². The Bertz CT molecular complexity index is 656. The molecule has 0 radical (unpaired) electrons. The minimum absolute atomic E-state index is 0.0410. The molecule has 0 atom stereocenters. The van der Waals surface area contributed by atoms with Gasteiger partial charge in [-0.05, 0) is 0 Å². The molecule has 0 aromatic rings. The van der Waals surface area contributed by atoms with Crippen molar-refractivity contribution in [2.45, 2.75) is 6.92 Å². The fraction of sp³-hybridized carbons (Fsp3) is 0.957. The summed E-state index contributed by atoms with van der Waals surface area (Å²) in [6, 6.07) is 0. The molecule has 46 heavy (non-hydrogen) atoms. The number of nitrogens with two attached hydrogens (primary N) is 1. The Hall–Kier alpha value is -1.37. The molecular weight excluding hydrogens is 628 g/mol. The van der Waals surface area contributed by atoms with Gasteiger partial charge < -0.3 is 24.7 Å². The summed E-state index contributed by atoms with van der Waals surface area (Å²) in [5.41, 5.74) is 13.1. The first-order valence-electron chi connectivity index (χ1n) is 14.7. The summed E-state index contributed by atoms with van der Waals surface area (Å²) in [5.74, 6) is -0.476. The summed E-state index contributed by atoms with van der Waals surface area (Å²) in [6.45, 7) is 5.64. The number of hydroxylamine groups is 11. The minimum Gasteiger partial charge on any atom is -0.379 e. The fourth-order valence-electron chi connectivity index (χ4n) is 2.62. The first-order chi connectivity index (χ1) is 22.4. The van der Waals surface area contributed by atoms with Crippen LogP contribution in [0.3, 0.4) is 0 Å². The van der Waals surface area contributed by atoms with Gasteiger partial charge in [0, 0.05) is 26.6 Å². The summed E-state index contributed by atoms with van der Waals surface area (Å²) < 4.78 is 20.9. The summed E-state index contributed by atoms with van der Waals surface area (Å²) in [4.78, 5) is 41.2. The molecule has 0 aromatic carbocycles. The van der Waals surface area contributed by atoms with Gasteiger partial charge in [0.15, 0.2) is 0 Å². The smallest absolute Gasteiger partial charge is 0.242 e. The van der Waals surface area contributed by atoms with E-state index >= 15 is 0 Å². The maximum atomic E-state index is 10.8. The van der Waals surface area contributed by atoms with Crippen LogP contribution in [-0.2, 0) is 52.8 Å². The molecule has 0 rings (SSSR count). The molecule has 1 amide bonds. The quantitative estimate of drug-likeness (QED) is 0.0138. The van der Waals surface area contributed by atoms with Crippen molar-refractivity contribution in [3.63, 3.8) is 0 Å². The van der Waals surface area contributed by atoms with Crippen LogP contribution in [0.5, 0.6) is 0 Å². The van der Waals surface area contributed by atoms with E-state index in [4.69, 9.17) is 58.9 Å². The Morgan fingerprint density at radius 1 is 0.543 bits per heavy atom. The van der Waals surface area contributed by atoms with E-state index in [1.807, 2.05) is 0 Å². The van der Waals surface area contributed by atoms with Crippen LogP contribution in [0, 0.1) is 0 Å². The van der Waals surface area contributed by atoms with Crippen LogP contribution in [0.2, 0.25) is 0 Å². The molecule has 0 aliphatic carbocycles. The van der Waals surface area contributed by atoms with Gasteiger partial charge in [-0.25, -0.2) is 16.0 Å². The number of carbonyl (C=O) groups is 1. The van der Waals surface area contributed by atoms with Crippen LogP contribution in [0.4, 0.5) is 0 Å². The van der Waals surface area contributed by atoms with Crippen LogP contribution < -0.4 is 22.2 Å². The van der Waals surface area contributed by atoms with Crippen LogP contribution in [0.15, 0.2) is 0 Å². The van der Waals surface area contributed by atoms with E-state index in [1.165, 1.54) is 6.92 Å². The third-order valence-electron chi connectivity index (χ3n) is 4.80. The second-order valence-corrected chi connectivity index (χ2v) is 8.53. The number of rotatable bonds is 37. The van der Waals surface area contributed by atoms with Crippen molar-refractivity contribution < 1.29 is 73.6 Å². The van der Waals surface area contributed by atoms with Gasteiger partial charge in [-0.1, -0.05) is 15.7 Å². The Balaban J connectivity index is 3.30. The second kappa shape index (κ2) is 35.0. The highest BCUT2D eigenvalue weighted by molar-refractivity contribution is 5.71. The van der Waals surface area contributed by atoms with Gasteiger partial charge in [0.2, 0.25) is 5.91 Å². The molecule has 23 heteroatoms. The topological polar surface area (TPSA) is 265 Å². The molecule has 0 saturated heterocycles. The number of ether oxygens (including phenoxy) is 4. The van der Waals surface area contributed by atoms with Gasteiger partial charge in [-0.3, -0.25) is 54.6 Å². The van der Waals surface area contributed by atoms with Crippen molar-refractivity contribution in [2.75, 3.05) is 138 Å². The Labute approximate surface area is 268 Å². The van der Waals surface area contributed by atoms with Gasteiger partial charge in [-0.2, -0.15) is 5.48 Å². The van der Waals surface area contributed by atoms with Gasteiger partial charge >= 0.3 is 0 Å². The highest BCUT2D eigenvalue weighted by atomic mass is 16.9. The zero-order valence-electron chi connectivity index (χ0n) is 26.5. The average Bonchev–Trinajstić information content (AvgIpc) is 3.03. The van der Waals surface area contributed by atoms with E-state index in [2.05, 4.69) is 16.4 Å². The van der Waals surface area contributed by atoms with Gasteiger partial charge in [-0.15, -0.1) is 0 Å². The number of nitrogens with one attached hydrogen (secondary N) is 3. The van der Waals surface area contributed by atoms with Gasteiger partial charge in [0.1, 0.15) is 6.73 Å². The van der Waals surface area contributed by atoms with E-state index in [9.17, 15) is 20.4 Å². The highest BCUT2D eigenvalue weighted by Crippen LogP contribution is 1.89. The minimum atomic E-state index is -0.476. The lowest BCUT2D eigenvalue weighted by molar-refractivity contribution is -0.347. The summed E-state index contributed by atoms with van der Waals surface area (Å²) in [7, 11) is 0. The molecule has 23 nitrogen and oxygen atoms in total. The van der Waals surface area contributed by atoms with Gasteiger partial charge in [0.25, 0.3) is 0 Å².